The topological polar surface area (TPSA) is 95.0 Å². The highest BCUT2D eigenvalue weighted by Gasteiger charge is 2.27. The van der Waals surface area contributed by atoms with Crippen LogP contribution in [-0.4, -0.2) is 37.2 Å². The average Bonchev–Trinajstić information content (AvgIpc) is 3.51. The normalized spacial score (nSPS) is 17.8. The number of fused-ring (bicyclic) bond motifs is 1. The van der Waals surface area contributed by atoms with Crippen molar-refractivity contribution in [2.75, 3.05) is 6.54 Å². The van der Waals surface area contributed by atoms with Crippen molar-refractivity contribution in [1.29, 1.82) is 5.26 Å². The van der Waals surface area contributed by atoms with Crippen molar-refractivity contribution in [3.05, 3.63) is 70.8 Å². The molecule has 1 N–H and O–H groups in total. The molecular weight excluding hydrogens is 458 g/mol. The summed E-state index contributed by atoms with van der Waals surface area (Å²) in [7, 11) is 0. The Hall–Kier alpha value is -3.70. The van der Waals surface area contributed by atoms with Crippen LogP contribution in [0.3, 0.4) is 0 Å². The lowest BCUT2D eigenvalue weighted by Gasteiger charge is -2.32. The van der Waals surface area contributed by atoms with E-state index < -0.39 is 6.09 Å². The summed E-state index contributed by atoms with van der Waals surface area (Å²) < 4.78 is 2.14. The predicted molar refractivity (Wildman–Crippen MR) is 136 cm³/mol. The van der Waals surface area contributed by atoms with Crippen LogP contribution >= 0.6 is 11.3 Å². The van der Waals surface area contributed by atoms with Crippen LogP contribution in [0.4, 0.5) is 4.79 Å². The molecule has 2 heterocycles. The fourth-order valence-corrected chi connectivity index (χ4v) is 5.91. The van der Waals surface area contributed by atoms with E-state index in [4.69, 9.17) is 0 Å². The summed E-state index contributed by atoms with van der Waals surface area (Å²) in [4.78, 5) is 22.8. The molecule has 1 aliphatic carbocycles. The zero-order valence-corrected chi connectivity index (χ0v) is 20.2. The van der Waals surface area contributed by atoms with E-state index in [1.807, 2.05) is 54.2 Å². The number of thiazole rings is 1. The van der Waals surface area contributed by atoms with Crippen LogP contribution in [0.15, 0.2) is 60.2 Å². The minimum Gasteiger partial charge on any atom is -0.465 e. The molecule has 2 aromatic heterocycles. The summed E-state index contributed by atoms with van der Waals surface area (Å²) in [6, 6.07) is 17.7. The lowest BCUT2D eigenvalue weighted by molar-refractivity contribution is 0.120. The number of aromatic nitrogens is 3. The van der Waals surface area contributed by atoms with Gasteiger partial charge in [-0.25, -0.2) is 14.8 Å². The second-order valence-electron chi connectivity index (χ2n) is 9.27. The van der Waals surface area contributed by atoms with Crippen LogP contribution in [-0.2, 0) is 13.1 Å². The van der Waals surface area contributed by atoms with E-state index in [0.717, 1.165) is 59.5 Å². The molecule has 1 saturated carbocycles. The highest BCUT2D eigenvalue weighted by Crippen LogP contribution is 2.32. The van der Waals surface area contributed by atoms with Crippen LogP contribution < -0.4 is 0 Å². The zero-order valence-electron chi connectivity index (χ0n) is 19.4. The molecule has 1 amide bonds. The van der Waals surface area contributed by atoms with E-state index in [0.29, 0.717) is 30.5 Å². The second kappa shape index (κ2) is 10.3. The van der Waals surface area contributed by atoms with Gasteiger partial charge < -0.3 is 14.6 Å². The van der Waals surface area contributed by atoms with Crippen molar-refractivity contribution in [3.63, 3.8) is 0 Å². The molecular formula is C27H27N5O2S. The molecule has 5 rings (SSSR count). The molecule has 0 radical (unpaired) electrons. The number of nitrogens with zero attached hydrogens (tertiary/aromatic N) is 5. The Morgan fingerprint density at radius 3 is 2.83 bits per heavy atom. The number of hydrogen-bond donors (Lipinski definition) is 1. The van der Waals surface area contributed by atoms with Crippen molar-refractivity contribution in [2.45, 2.75) is 38.8 Å². The van der Waals surface area contributed by atoms with E-state index in [-0.39, 0.29) is 0 Å². The van der Waals surface area contributed by atoms with Gasteiger partial charge in [0.25, 0.3) is 0 Å². The quantitative estimate of drug-likeness (QED) is 0.345. The van der Waals surface area contributed by atoms with Gasteiger partial charge in [-0.3, -0.25) is 0 Å². The van der Waals surface area contributed by atoms with Gasteiger partial charge in [0.05, 0.1) is 41.2 Å². The SMILES string of the molecule is N#Cc1ccc2ncn(C[C@H]3CCCC(CN(Cc4nc(-c5ccccc5)cs4)C(=O)O)C3)c2c1. The first kappa shape index (κ1) is 23.1. The van der Waals surface area contributed by atoms with E-state index >= 15 is 0 Å². The maximum absolute atomic E-state index is 12.1. The number of imidazole rings is 1. The van der Waals surface area contributed by atoms with Crippen molar-refractivity contribution in [3.8, 4) is 17.3 Å². The molecule has 1 aliphatic rings. The molecule has 0 saturated heterocycles. The molecule has 178 valence electrons. The van der Waals surface area contributed by atoms with E-state index in [2.05, 4.69) is 20.6 Å². The van der Waals surface area contributed by atoms with Crippen molar-refractivity contribution in [2.24, 2.45) is 11.8 Å². The largest absolute Gasteiger partial charge is 0.465 e. The number of hydrogen-bond acceptors (Lipinski definition) is 5. The summed E-state index contributed by atoms with van der Waals surface area (Å²) in [6.45, 7) is 1.67. The lowest BCUT2D eigenvalue weighted by atomic mass is 9.81. The zero-order chi connectivity index (χ0) is 24.2. The standard InChI is InChI=1S/C27H27N5O2S/c28-13-19-9-10-23-25(12-19)32(18-29-23)15-21-6-4-5-20(11-21)14-31(27(33)34)16-26-30-24(17-35-26)22-7-2-1-3-8-22/h1-3,7-10,12,17-18,20-21H,4-6,11,14-16H2,(H,33,34)/t20?,21-/m0/s1. The molecule has 0 aliphatic heterocycles. The van der Waals surface area contributed by atoms with Crippen LogP contribution in [0.5, 0.6) is 0 Å². The van der Waals surface area contributed by atoms with Crippen LogP contribution in [0.2, 0.25) is 0 Å². The molecule has 1 fully saturated rings. The first-order valence-electron chi connectivity index (χ1n) is 11.9. The van der Waals surface area contributed by atoms with Gasteiger partial charge in [0.15, 0.2) is 0 Å². The summed E-state index contributed by atoms with van der Waals surface area (Å²) in [6.07, 6.45) is 5.19. The summed E-state index contributed by atoms with van der Waals surface area (Å²) in [5, 5.41) is 21.9. The van der Waals surface area contributed by atoms with Gasteiger partial charge in [0, 0.05) is 24.0 Å². The van der Waals surface area contributed by atoms with Gasteiger partial charge in [0.2, 0.25) is 0 Å². The maximum Gasteiger partial charge on any atom is 0.407 e. The smallest absolute Gasteiger partial charge is 0.407 e. The molecule has 0 bridgehead atoms. The van der Waals surface area contributed by atoms with Gasteiger partial charge in [0.1, 0.15) is 5.01 Å². The molecule has 7 nitrogen and oxygen atoms in total. The monoisotopic (exact) mass is 485 g/mol. The number of rotatable bonds is 7. The Morgan fingerprint density at radius 2 is 2.03 bits per heavy atom. The van der Waals surface area contributed by atoms with E-state index in [1.54, 1.807) is 6.07 Å². The number of amides is 1. The second-order valence-corrected chi connectivity index (χ2v) is 10.2. The minimum atomic E-state index is -0.895. The fraction of sp³-hybridized carbons (Fsp3) is 0.333. The third-order valence-corrected chi connectivity index (χ3v) is 7.63. The van der Waals surface area contributed by atoms with Gasteiger partial charge in [-0.05, 0) is 49.3 Å². The Labute approximate surface area is 208 Å². The Kier molecular flexibility index (Phi) is 6.77. The molecule has 1 unspecified atom stereocenters. The summed E-state index contributed by atoms with van der Waals surface area (Å²) in [5.74, 6) is 0.778. The molecule has 2 atom stereocenters. The summed E-state index contributed by atoms with van der Waals surface area (Å²) in [5.41, 5.74) is 4.44. The van der Waals surface area contributed by atoms with Crippen LogP contribution in [0, 0.1) is 23.2 Å². The van der Waals surface area contributed by atoms with Crippen molar-refractivity contribution < 1.29 is 9.90 Å². The molecule has 2 aromatic carbocycles. The lowest BCUT2D eigenvalue weighted by Crippen LogP contribution is -2.36. The minimum absolute atomic E-state index is 0.317. The van der Waals surface area contributed by atoms with Gasteiger partial charge in [-0.15, -0.1) is 11.3 Å². The Bertz CT molecular complexity index is 1360. The first-order chi connectivity index (χ1) is 17.1. The molecule has 35 heavy (non-hydrogen) atoms. The number of carboxylic acid groups (broad SMARTS) is 1. The van der Waals surface area contributed by atoms with Gasteiger partial charge in [-0.1, -0.05) is 36.8 Å². The molecule has 0 spiro atoms. The Balaban J connectivity index is 1.23. The molecule has 8 heteroatoms. The van der Waals surface area contributed by atoms with E-state index in [1.165, 1.54) is 16.2 Å². The third kappa shape index (κ3) is 5.36. The summed E-state index contributed by atoms with van der Waals surface area (Å²) >= 11 is 1.51. The maximum atomic E-state index is 12.1. The third-order valence-electron chi connectivity index (χ3n) is 6.79. The Morgan fingerprint density at radius 1 is 1.20 bits per heavy atom. The van der Waals surface area contributed by atoms with Gasteiger partial charge in [-0.2, -0.15) is 5.26 Å². The highest BCUT2D eigenvalue weighted by molar-refractivity contribution is 7.09. The number of benzene rings is 2. The first-order valence-corrected chi connectivity index (χ1v) is 12.8. The van der Waals surface area contributed by atoms with E-state index in [9.17, 15) is 15.2 Å². The fourth-order valence-electron chi connectivity index (χ4n) is 5.09. The average molecular weight is 486 g/mol. The van der Waals surface area contributed by atoms with Crippen LogP contribution in [0.25, 0.3) is 22.3 Å². The predicted octanol–water partition coefficient (Wildman–Crippen LogP) is 6.02. The number of carbonyl (C=O) groups is 1. The van der Waals surface area contributed by atoms with Crippen molar-refractivity contribution >= 4 is 28.5 Å². The van der Waals surface area contributed by atoms with Crippen LogP contribution in [0.1, 0.15) is 36.3 Å². The van der Waals surface area contributed by atoms with Gasteiger partial charge >= 0.3 is 6.09 Å². The molecule has 4 aromatic rings. The van der Waals surface area contributed by atoms with Crippen molar-refractivity contribution in [1.82, 2.24) is 19.4 Å². The highest BCUT2D eigenvalue weighted by atomic mass is 32.1. The number of nitriles is 1.